The highest BCUT2D eigenvalue weighted by molar-refractivity contribution is 5.98. The summed E-state index contributed by atoms with van der Waals surface area (Å²) in [7, 11) is 0. The molecular weight excluding hydrogens is 461 g/mol. The first kappa shape index (κ1) is 26.2. The van der Waals surface area contributed by atoms with E-state index in [0.717, 1.165) is 30.5 Å². The fourth-order valence-electron chi connectivity index (χ4n) is 3.88. The van der Waals surface area contributed by atoms with E-state index in [1.54, 1.807) is 4.90 Å². The highest BCUT2D eigenvalue weighted by atomic mass is 19.4. The van der Waals surface area contributed by atoms with E-state index >= 15 is 0 Å². The highest BCUT2D eigenvalue weighted by Gasteiger charge is 2.31. The second kappa shape index (κ2) is 11.8. The van der Waals surface area contributed by atoms with Gasteiger partial charge >= 0.3 is 6.18 Å². The quantitative estimate of drug-likeness (QED) is 0.503. The SMILES string of the molecule is NC(CC(=O)N1CCCC1)C(=O)NC(CCc1ccccc1)C(=O)Nc1cccc(C(F)(F)F)c1. The molecule has 1 fully saturated rings. The summed E-state index contributed by atoms with van der Waals surface area (Å²) in [5.41, 5.74) is 5.92. The molecule has 1 aliphatic heterocycles. The molecule has 4 N–H and O–H groups in total. The fourth-order valence-corrected chi connectivity index (χ4v) is 3.88. The van der Waals surface area contributed by atoms with E-state index in [2.05, 4.69) is 10.6 Å². The first-order chi connectivity index (χ1) is 16.6. The Morgan fingerprint density at radius 1 is 0.971 bits per heavy atom. The number of likely N-dealkylation sites (tertiary alicyclic amines) is 1. The van der Waals surface area contributed by atoms with E-state index in [9.17, 15) is 27.6 Å². The molecule has 3 rings (SSSR count). The predicted octanol–water partition coefficient (Wildman–Crippen LogP) is 3.10. The second-order valence-electron chi connectivity index (χ2n) is 8.55. The molecule has 1 saturated heterocycles. The van der Waals surface area contributed by atoms with Crippen LogP contribution in [0, 0.1) is 0 Å². The number of halogens is 3. The predicted molar refractivity (Wildman–Crippen MR) is 125 cm³/mol. The van der Waals surface area contributed by atoms with Gasteiger partial charge in [-0.05, 0) is 49.4 Å². The Bertz CT molecular complexity index is 1020. The van der Waals surface area contributed by atoms with E-state index in [0.29, 0.717) is 19.5 Å². The molecule has 2 aromatic rings. The monoisotopic (exact) mass is 490 g/mol. The van der Waals surface area contributed by atoms with Crippen LogP contribution in [-0.2, 0) is 27.0 Å². The Labute approximate surface area is 201 Å². The minimum Gasteiger partial charge on any atom is -0.343 e. The van der Waals surface area contributed by atoms with Gasteiger partial charge < -0.3 is 21.3 Å². The zero-order valence-electron chi connectivity index (χ0n) is 19.2. The van der Waals surface area contributed by atoms with Crippen LogP contribution in [0.4, 0.5) is 18.9 Å². The summed E-state index contributed by atoms with van der Waals surface area (Å²) >= 11 is 0. The third kappa shape index (κ3) is 7.81. The summed E-state index contributed by atoms with van der Waals surface area (Å²) in [5.74, 6) is -1.57. The molecule has 2 unspecified atom stereocenters. The van der Waals surface area contributed by atoms with Crippen LogP contribution in [0.1, 0.15) is 36.8 Å². The average Bonchev–Trinajstić information content (AvgIpc) is 3.37. The van der Waals surface area contributed by atoms with Crippen LogP contribution >= 0.6 is 0 Å². The van der Waals surface area contributed by atoms with Crippen LogP contribution in [0.5, 0.6) is 0 Å². The van der Waals surface area contributed by atoms with Gasteiger partial charge in [0.2, 0.25) is 17.7 Å². The van der Waals surface area contributed by atoms with Crippen molar-refractivity contribution >= 4 is 23.4 Å². The standard InChI is InChI=1S/C25H29F3N4O3/c26-25(27,28)18-9-6-10-19(15-18)30-24(35)21(12-11-17-7-2-1-3-8-17)31-23(34)20(29)16-22(33)32-13-4-5-14-32/h1-3,6-10,15,20-21H,4-5,11-14,16,29H2,(H,30,35)(H,31,34). The van der Waals surface area contributed by atoms with Gasteiger partial charge in [-0.1, -0.05) is 36.4 Å². The Kier molecular flexibility index (Phi) is 8.86. The lowest BCUT2D eigenvalue weighted by atomic mass is 10.0. The van der Waals surface area contributed by atoms with Gasteiger partial charge in [-0.2, -0.15) is 13.2 Å². The number of carbonyl (C=O) groups is 3. The molecule has 0 bridgehead atoms. The number of carbonyl (C=O) groups excluding carboxylic acids is 3. The molecule has 2 aromatic carbocycles. The van der Waals surface area contributed by atoms with Gasteiger partial charge in [0.1, 0.15) is 6.04 Å². The van der Waals surface area contributed by atoms with Gasteiger partial charge in [0.25, 0.3) is 0 Å². The van der Waals surface area contributed by atoms with E-state index in [-0.39, 0.29) is 24.4 Å². The molecule has 2 atom stereocenters. The largest absolute Gasteiger partial charge is 0.416 e. The van der Waals surface area contributed by atoms with E-state index in [4.69, 9.17) is 5.73 Å². The van der Waals surface area contributed by atoms with Gasteiger partial charge in [0.05, 0.1) is 18.0 Å². The molecule has 0 aromatic heterocycles. The molecule has 0 radical (unpaired) electrons. The zero-order chi connectivity index (χ0) is 25.4. The molecule has 1 heterocycles. The molecule has 3 amide bonds. The summed E-state index contributed by atoms with van der Waals surface area (Å²) < 4.78 is 39.1. The van der Waals surface area contributed by atoms with Gasteiger partial charge in [-0.3, -0.25) is 14.4 Å². The normalized spacial score (nSPS) is 15.4. The third-order valence-electron chi connectivity index (χ3n) is 5.84. The van der Waals surface area contributed by atoms with Crippen molar-refractivity contribution in [2.45, 2.75) is 50.4 Å². The first-order valence-corrected chi connectivity index (χ1v) is 11.5. The lowest BCUT2D eigenvalue weighted by Crippen LogP contribution is -2.51. The number of nitrogens with two attached hydrogens (primary N) is 1. The Morgan fingerprint density at radius 2 is 1.66 bits per heavy atom. The molecule has 10 heteroatoms. The van der Waals surface area contributed by atoms with Crippen molar-refractivity contribution < 1.29 is 27.6 Å². The highest BCUT2D eigenvalue weighted by Crippen LogP contribution is 2.30. The molecule has 0 aliphatic carbocycles. The van der Waals surface area contributed by atoms with Crippen LogP contribution in [0.25, 0.3) is 0 Å². The van der Waals surface area contributed by atoms with Crippen LogP contribution in [-0.4, -0.2) is 47.8 Å². The fraction of sp³-hybridized carbons (Fsp3) is 0.400. The maximum absolute atomic E-state index is 13.0. The van der Waals surface area contributed by atoms with E-state index in [1.807, 2.05) is 30.3 Å². The number of amides is 3. The third-order valence-corrected chi connectivity index (χ3v) is 5.84. The zero-order valence-corrected chi connectivity index (χ0v) is 19.2. The Hall–Kier alpha value is -3.40. The topological polar surface area (TPSA) is 105 Å². The van der Waals surface area contributed by atoms with E-state index in [1.165, 1.54) is 12.1 Å². The van der Waals surface area contributed by atoms with Crippen molar-refractivity contribution in [1.82, 2.24) is 10.2 Å². The van der Waals surface area contributed by atoms with Crippen molar-refractivity contribution in [2.24, 2.45) is 5.73 Å². The van der Waals surface area contributed by atoms with Gasteiger partial charge in [0, 0.05) is 18.8 Å². The summed E-state index contributed by atoms with van der Waals surface area (Å²) in [5, 5.41) is 5.03. The van der Waals surface area contributed by atoms with Crippen molar-refractivity contribution in [3.05, 3.63) is 65.7 Å². The number of hydrogen-bond donors (Lipinski definition) is 3. The first-order valence-electron chi connectivity index (χ1n) is 11.5. The number of rotatable bonds is 9. The van der Waals surface area contributed by atoms with Crippen molar-refractivity contribution in [1.29, 1.82) is 0 Å². The number of anilines is 1. The molecular formula is C25H29F3N4O3. The van der Waals surface area contributed by atoms with Crippen molar-refractivity contribution in [3.63, 3.8) is 0 Å². The van der Waals surface area contributed by atoms with Crippen molar-refractivity contribution in [2.75, 3.05) is 18.4 Å². The lowest BCUT2D eigenvalue weighted by Gasteiger charge is -2.22. The van der Waals surface area contributed by atoms with Gasteiger partial charge in [-0.15, -0.1) is 0 Å². The number of alkyl halides is 3. The molecule has 7 nitrogen and oxygen atoms in total. The number of aryl methyl sites for hydroxylation is 1. The summed E-state index contributed by atoms with van der Waals surface area (Å²) in [6.07, 6.45) is -2.31. The maximum atomic E-state index is 13.0. The average molecular weight is 491 g/mol. The number of nitrogens with one attached hydrogen (secondary N) is 2. The summed E-state index contributed by atoms with van der Waals surface area (Å²) in [6.45, 7) is 1.26. The number of nitrogens with zero attached hydrogens (tertiary/aromatic N) is 1. The minimum absolute atomic E-state index is 0.0442. The van der Waals surface area contributed by atoms with Crippen molar-refractivity contribution in [3.8, 4) is 0 Å². The summed E-state index contributed by atoms with van der Waals surface area (Å²) in [4.78, 5) is 39.7. The number of benzene rings is 2. The maximum Gasteiger partial charge on any atom is 0.416 e. The van der Waals surface area contributed by atoms with Gasteiger partial charge in [0.15, 0.2) is 0 Å². The van der Waals surface area contributed by atoms with Crippen LogP contribution in [0.2, 0.25) is 0 Å². The Morgan fingerprint density at radius 3 is 2.31 bits per heavy atom. The molecule has 1 aliphatic rings. The minimum atomic E-state index is -4.56. The smallest absolute Gasteiger partial charge is 0.343 e. The molecule has 35 heavy (non-hydrogen) atoms. The molecule has 0 spiro atoms. The van der Waals surface area contributed by atoms with Gasteiger partial charge in [-0.25, -0.2) is 0 Å². The lowest BCUT2D eigenvalue weighted by molar-refractivity contribution is -0.137. The van der Waals surface area contributed by atoms with Crippen LogP contribution in [0.3, 0.4) is 0 Å². The Balaban J connectivity index is 1.68. The molecule has 0 saturated carbocycles. The second-order valence-corrected chi connectivity index (χ2v) is 8.55. The number of hydrogen-bond acceptors (Lipinski definition) is 4. The summed E-state index contributed by atoms with van der Waals surface area (Å²) in [6, 6.07) is 11.3. The van der Waals surface area contributed by atoms with Crippen LogP contribution in [0.15, 0.2) is 54.6 Å². The van der Waals surface area contributed by atoms with E-state index < -0.39 is 35.6 Å². The molecule has 188 valence electrons. The van der Waals surface area contributed by atoms with Crippen LogP contribution < -0.4 is 16.4 Å².